The standard InChI is InChI=1S/C18H17ClN2O6/c1-11-3-5-13(27-11)6-8-17(23)26-10-16(22)20-21-18(24)14-9-12(19)4-7-15(14)25-2/h3-9H,10H2,1-2H3,(H,20,22)(H,21,24). The summed E-state index contributed by atoms with van der Waals surface area (Å²) >= 11 is 5.85. The first-order valence-corrected chi connectivity index (χ1v) is 8.11. The molecular weight excluding hydrogens is 376 g/mol. The minimum atomic E-state index is -0.734. The highest BCUT2D eigenvalue weighted by Crippen LogP contribution is 2.22. The number of carbonyl (C=O) groups excluding carboxylic acids is 3. The molecule has 0 aliphatic heterocycles. The van der Waals surface area contributed by atoms with Gasteiger partial charge in [-0.1, -0.05) is 11.6 Å². The van der Waals surface area contributed by atoms with Gasteiger partial charge < -0.3 is 13.9 Å². The lowest BCUT2D eigenvalue weighted by molar-refractivity contribution is -0.144. The molecule has 142 valence electrons. The average molecular weight is 393 g/mol. The number of furan rings is 1. The van der Waals surface area contributed by atoms with Crippen LogP contribution in [0.1, 0.15) is 21.9 Å². The number of benzene rings is 1. The first-order chi connectivity index (χ1) is 12.9. The predicted octanol–water partition coefficient (Wildman–Crippen LogP) is 2.27. The van der Waals surface area contributed by atoms with Gasteiger partial charge in [0, 0.05) is 11.1 Å². The zero-order valence-corrected chi connectivity index (χ0v) is 15.3. The molecule has 2 N–H and O–H groups in total. The number of amides is 2. The third-order valence-electron chi connectivity index (χ3n) is 3.21. The molecule has 1 aromatic carbocycles. The Hall–Kier alpha value is -3.26. The molecule has 0 atom stereocenters. The van der Waals surface area contributed by atoms with Crippen molar-refractivity contribution in [1.82, 2.24) is 10.9 Å². The van der Waals surface area contributed by atoms with Gasteiger partial charge in [-0.2, -0.15) is 0 Å². The second-order valence-electron chi connectivity index (χ2n) is 5.24. The monoisotopic (exact) mass is 392 g/mol. The van der Waals surface area contributed by atoms with Crippen LogP contribution in [0, 0.1) is 6.92 Å². The van der Waals surface area contributed by atoms with E-state index in [1.165, 1.54) is 25.3 Å². The zero-order valence-electron chi connectivity index (χ0n) is 14.6. The Morgan fingerprint density at radius 3 is 2.63 bits per heavy atom. The van der Waals surface area contributed by atoms with E-state index < -0.39 is 24.4 Å². The number of ether oxygens (including phenoxy) is 2. The van der Waals surface area contributed by atoms with Gasteiger partial charge in [-0.3, -0.25) is 20.4 Å². The van der Waals surface area contributed by atoms with E-state index in [-0.39, 0.29) is 11.3 Å². The second kappa shape index (κ2) is 9.44. The van der Waals surface area contributed by atoms with E-state index in [0.717, 1.165) is 6.08 Å². The molecular formula is C18H17ClN2O6. The van der Waals surface area contributed by atoms with Crippen molar-refractivity contribution in [2.24, 2.45) is 0 Å². The number of carbonyl (C=O) groups is 3. The van der Waals surface area contributed by atoms with Crippen molar-refractivity contribution in [2.45, 2.75) is 6.92 Å². The maximum atomic E-state index is 12.1. The van der Waals surface area contributed by atoms with E-state index in [0.29, 0.717) is 16.5 Å². The van der Waals surface area contributed by atoms with Gasteiger partial charge in [-0.05, 0) is 43.3 Å². The van der Waals surface area contributed by atoms with Gasteiger partial charge in [-0.25, -0.2) is 4.79 Å². The van der Waals surface area contributed by atoms with Gasteiger partial charge >= 0.3 is 5.97 Å². The summed E-state index contributed by atoms with van der Waals surface area (Å²) in [7, 11) is 1.40. The van der Waals surface area contributed by atoms with Crippen molar-refractivity contribution in [1.29, 1.82) is 0 Å². The molecule has 2 aromatic rings. The van der Waals surface area contributed by atoms with Crippen LogP contribution < -0.4 is 15.6 Å². The van der Waals surface area contributed by atoms with Crippen LogP contribution in [0.25, 0.3) is 6.08 Å². The molecule has 0 radical (unpaired) electrons. The molecule has 2 amide bonds. The van der Waals surface area contributed by atoms with E-state index in [1.54, 1.807) is 25.1 Å². The quantitative estimate of drug-likeness (QED) is 0.443. The fraction of sp³-hybridized carbons (Fsp3) is 0.167. The van der Waals surface area contributed by atoms with Crippen LogP contribution in [0.2, 0.25) is 5.02 Å². The van der Waals surface area contributed by atoms with Crippen LogP contribution in [-0.2, 0) is 14.3 Å². The Morgan fingerprint density at radius 2 is 1.96 bits per heavy atom. The summed E-state index contributed by atoms with van der Waals surface area (Å²) in [5, 5.41) is 0.333. The van der Waals surface area contributed by atoms with Crippen molar-refractivity contribution >= 4 is 35.5 Å². The van der Waals surface area contributed by atoms with Crippen LogP contribution in [0.5, 0.6) is 5.75 Å². The summed E-state index contributed by atoms with van der Waals surface area (Å²) in [5.74, 6) is -0.619. The largest absolute Gasteiger partial charge is 0.496 e. The van der Waals surface area contributed by atoms with Crippen molar-refractivity contribution in [3.63, 3.8) is 0 Å². The molecule has 1 aromatic heterocycles. The zero-order chi connectivity index (χ0) is 19.8. The molecule has 0 aliphatic rings. The van der Waals surface area contributed by atoms with Crippen molar-refractivity contribution in [3.8, 4) is 5.75 Å². The number of hydrazine groups is 1. The molecule has 8 nitrogen and oxygen atoms in total. The Morgan fingerprint density at radius 1 is 1.19 bits per heavy atom. The number of nitrogens with one attached hydrogen (secondary N) is 2. The van der Waals surface area contributed by atoms with Gasteiger partial charge in [0.1, 0.15) is 17.3 Å². The lowest BCUT2D eigenvalue weighted by Crippen LogP contribution is -2.43. The van der Waals surface area contributed by atoms with E-state index in [2.05, 4.69) is 10.9 Å². The third kappa shape index (κ3) is 6.19. The van der Waals surface area contributed by atoms with Gasteiger partial charge in [0.2, 0.25) is 0 Å². The molecule has 0 bridgehead atoms. The van der Waals surface area contributed by atoms with E-state index in [1.807, 2.05) is 0 Å². The number of aryl methyl sites for hydroxylation is 1. The maximum Gasteiger partial charge on any atom is 0.331 e. The van der Waals surface area contributed by atoms with E-state index in [9.17, 15) is 14.4 Å². The van der Waals surface area contributed by atoms with Gasteiger partial charge in [0.15, 0.2) is 6.61 Å². The van der Waals surface area contributed by atoms with Gasteiger partial charge in [-0.15, -0.1) is 0 Å². The lowest BCUT2D eigenvalue weighted by Gasteiger charge is -2.10. The molecule has 0 aliphatic carbocycles. The molecule has 0 spiro atoms. The topological polar surface area (TPSA) is 107 Å². The van der Waals surface area contributed by atoms with Crippen LogP contribution in [0.3, 0.4) is 0 Å². The summed E-state index contributed by atoms with van der Waals surface area (Å²) in [6.45, 7) is 1.20. The number of hydrogen-bond donors (Lipinski definition) is 2. The minimum absolute atomic E-state index is 0.138. The summed E-state index contributed by atoms with van der Waals surface area (Å²) < 4.78 is 15.1. The second-order valence-corrected chi connectivity index (χ2v) is 5.67. The summed E-state index contributed by atoms with van der Waals surface area (Å²) in [4.78, 5) is 35.3. The normalized spacial score (nSPS) is 10.5. The number of halogens is 1. The summed E-state index contributed by atoms with van der Waals surface area (Å²) in [5.41, 5.74) is 4.45. The number of methoxy groups -OCH3 is 1. The minimum Gasteiger partial charge on any atom is -0.496 e. The number of esters is 1. The van der Waals surface area contributed by atoms with E-state index >= 15 is 0 Å². The van der Waals surface area contributed by atoms with Crippen molar-refractivity contribution in [3.05, 3.63) is 58.5 Å². The fourth-order valence-corrected chi connectivity index (χ4v) is 2.14. The Labute approximate surface area is 160 Å². The first-order valence-electron chi connectivity index (χ1n) is 7.73. The molecule has 1 heterocycles. The highest BCUT2D eigenvalue weighted by Gasteiger charge is 2.14. The van der Waals surface area contributed by atoms with Gasteiger partial charge in [0.25, 0.3) is 11.8 Å². The van der Waals surface area contributed by atoms with Gasteiger partial charge in [0.05, 0.1) is 12.7 Å². The first kappa shape index (κ1) is 20.1. The highest BCUT2D eigenvalue weighted by molar-refractivity contribution is 6.31. The number of hydrogen-bond acceptors (Lipinski definition) is 6. The molecule has 0 fully saturated rings. The molecule has 9 heteroatoms. The van der Waals surface area contributed by atoms with Crippen LogP contribution in [0.4, 0.5) is 0 Å². The lowest BCUT2D eigenvalue weighted by atomic mass is 10.2. The fourth-order valence-electron chi connectivity index (χ4n) is 1.97. The Kier molecular flexibility index (Phi) is 7.01. The van der Waals surface area contributed by atoms with Crippen LogP contribution in [-0.4, -0.2) is 31.5 Å². The molecule has 0 saturated carbocycles. The van der Waals surface area contributed by atoms with Crippen LogP contribution >= 0.6 is 11.6 Å². The van der Waals surface area contributed by atoms with E-state index in [4.69, 9.17) is 25.5 Å². The molecule has 27 heavy (non-hydrogen) atoms. The maximum absolute atomic E-state index is 12.1. The van der Waals surface area contributed by atoms with Crippen molar-refractivity contribution < 1.29 is 28.3 Å². The highest BCUT2D eigenvalue weighted by atomic mass is 35.5. The predicted molar refractivity (Wildman–Crippen MR) is 97.1 cm³/mol. The molecule has 0 saturated heterocycles. The Balaban J connectivity index is 1.79. The molecule has 2 rings (SSSR count). The Bertz CT molecular complexity index is 874. The smallest absolute Gasteiger partial charge is 0.331 e. The summed E-state index contributed by atoms with van der Waals surface area (Å²) in [6, 6.07) is 7.91. The third-order valence-corrected chi connectivity index (χ3v) is 3.45. The number of rotatable bonds is 6. The SMILES string of the molecule is COc1ccc(Cl)cc1C(=O)NNC(=O)COC(=O)C=Cc1ccc(C)o1. The van der Waals surface area contributed by atoms with Crippen molar-refractivity contribution in [2.75, 3.05) is 13.7 Å². The van der Waals surface area contributed by atoms with Crippen LogP contribution in [0.15, 0.2) is 40.8 Å². The summed E-state index contributed by atoms with van der Waals surface area (Å²) in [6.07, 6.45) is 2.54. The average Bonchev–Trinajstić information content (AvgIpc) is 3.07. The molecule has 0 unspecified atom stereocenters.